The number of hydrogen-bond donors (Lipinski definition) is 1. The zero-order chi connectivity index (χ0) is 19.2. The number of ether oxygens (including phenoxy) is 1. The number of anilines is 1. The van der Waals surface area contributed by atoms with Gasteiger partial charge in [-0.1, -0.05) is 37.3 Å². The summed E-state index contributed by atoms with van der Waals surface area (Å²) in [6.45, 7) is 3.17. The predicted molar refractivity (Wildman–Crippen MR) is 106 cm³/mol. The van der Waals surface area contributed by atoms with E-state index in [1.807, 2.05) is 48.5 Å². The van der Waals surface area contributed by atoms with E-state index in [1.165, 1.54) is 0 Å². The number of methoxy groups -OCH3 is 1. The highest BCUT2D eigenvalue weighted by Gasteiger charge is 2.34. The van der Waals surface area contributed by atoms with Gasteiger partial charge in [0.2, 0.25) is 11.8 Å². The van der Waals surface area contributed by atoms with Gasteiger partial charge in [-0.25, -0.2) is 0 Å². The Balaban J connectivity index is 1.55. The van der Waals surface area contributed by atoms with Crippen molar-refractivity contribution in [2.24, 2.45) is 5.92 Å². The maximum Gasteiger partial charge on any atom is 0.229 e. The first kappa shape index (κ1) is 19.0. The van der Waals surface area contributed by atoms with E-state index in [4.69, 9.17) is 4.74 Å². The molecule has 27 heavy (non-hydrogen) atoms. The molecule has 1 heterocycles. The Hall–Kier alpha value is -2.82. The molecule has 0 aromatic heterocycles. The third kappa shape index (κ3) is 4.67. The van der Waals surface area contributed by atoms with E-state index in [2.05, 4.69) is 12.2 Å². The first-order valence-electron chi connectivity index (χ1n) is 9.40. The molecule has 1 atom stereocenters. The van der Waals surface area contributed by atoms with E-state index in [0.29, 0.717) is 13.1 Å². The molecule has 0 radical (unpaired) electrons. The fraction of sp³-hybridized carbons (Fsp3) is 0.364. The molecule has 1 fully saturated rings. The van der Waals surface area contributed by atoms with Crippen LogP contribution in [0.5, 0.6) is 5.75 Å². The van der Waals surface area contributed by atoms with Crippen LogP contribution in [-0.2, 0) is 22.4 Å². The van der Waals surface area contributed by atoms with Crippen LogP contribution in [0.3, 0.4) is 0 Å². The lowest BCUT2D eigenvalue weighted by atomic mass is 10.1. The van der Waals surface area contributed by atoms with Crippen molar-refractivity contribution in [1.29, 1.82) is 0 Å². The van der Waals surface area contributed by atoms with E-state index < -0.39 is 0 Å². The van der Waals surface area contributed by atoms with Gasteiger partial charge >= 0.3 is 0 Å². The van der Waals surface area contributed by atoms with Gasteiger partial charge in [0, 0.05) is 25.2 Å². The number of para-hydroxylation sites is 1. The van der Waals surface area contributed by atoms with Gasteiger partial charge in [-0.2, -0.15) is 0 Å². The third-order valence-corrected chi connectivity index (χ3v) is 5.07. The molecule has 1 aliphatic rings. The fourth-order valence-corrected chi connectivity index (χ4v) is 3.41. The lowest BCUT2D eigenvalue weighted by molar-refractivity contribution is -0.128. The van der Waals surface area contributed by atoms with Gasteiger partial charge in [0.05, 0.1) is 13.0 Å². The molecule has 5 nitrogen and oxygen atoms in total. The van der Waals surface area contributed by atoms with E-state index >= 15 is 0 Å². The number of carbonyl (C=O) groups excluding carboxylic acids is 2. The molecule has 5 heteroatoms. The van der Waals surface area contributed by atoms with Crippen LogP contribution in [-0.4, -0.2) is 36.9 Å². The average Bonchev–Trinajstić information content (AvgIpc) is 3.08. The second-order valence-corrected chi connectivity index (χ2v) is 6.84. The monoisotopic (exact) mass is 366 g/mol. The number of rotatable bonds is 7. The lowest BCUT2D eigenvalue weighted by Gasteiger charge is -2.17. The Morgan fingerprint density at radius 1 is 1.19 bits per heavy atom. The topological polar surface area (TPSA) is 58.6 Å². The number of nitrogens with one attached hydrogen (secondary N) is 1. The van der Waals surface area contributed by atoms with Crippen molar-refractivity contribution in [1.82, 2.24) is 4.90 Å². The minimum Gasteiger partial charge on any atom is -0.497 e. The number of nitrogens with zero attached hydrogens (tertiary/aromatic N) is 1. The maximum absolute atomic E-state index is 12.6. The van der Waals surface area contributed by atoms with Gasteiger partial charge in [0.1, 0.15) is 5.75 Å². The largest absolute Gasteiger partial charge is 0.497 e. The molecule has 0 bridgehead atoms. The second-order valence-electron chi connectivity index (χ2n) is 6.84. The summed E-state index contributed by atoms with van der Waals surface area (Å²) < 4.78 is 5.16. The van der Waals surface area contributed by atoms with E-state index in [1.54, 1.807) is 12.0 Å². The van der Waals surface area contributed by atoms with Crippen molar-refractivity contribution in [3.63, 3.8) is 0 Å². The highest BCUT2D eigenvalue weighted by Crippen LogP contribution is 2.22. The normalized spacial score (nSPS) is 16.4. The first-order chi connectivity index (χ1) is 13.1. The molecule has 1 aliphatic heterocycles. The molecule has 1 saturated heterocycles. The average molecular weight is 366 g/mol. The quantitative estimate of drug-likeness (QED) is 0.818. The number of amides is 2. The van der Waals surface area contributed by atoms with Crippen molar-refractivity contribution in [3.05, 3.63) is 59.7 Å². The van der Waals surface area contributed by atoms with Crippen molar-refractivity contribution in [2.75, 3.05) is 25.5 Å². The van der Waals surface area contributed by atoms with Crippen molar-refractivity contribution >= 4 is 17.5 Å². The Morgan fingerprint density at radius 3 is 2.63 bits per heavy atom. The molecular formula is C22H26N2O3. The van der Waals surface area contributed by atoms with Crippen LogP contribution in [0, 0.1) is 5.92 Å². The standard InChI is InChI=1S/C22H26N2O3/c1-3-17-6-4-5-7-20(17)23-22(26)18-14-21(25)24(15-18)13-12-16-8-10-19(27-2)11-9-16/h4-11,18H,3,12-15H2,1-2H3,(H,23,26). The van der Waals surface area contributed by atoms with Crippen LogP contribution in [0.4, 0.5) is 5.69 Å². The molecular weight excluding hydrogens is 340 g/mol. The third-order valence-electron chi connectivity index (χ3n) is 5.07. The minimum atomic E-state index is -0.293. The second kappa shape index (κ2) is 8.71. The van der Waals surface area contributed by atoms with Crippen LogP contribution in [0.2, 0.25) is 0 Å². The Morgan fingerprint density at radius 2 is 1.93 bits per heavy atom. The molecule has 1 unspecified atom stereocenters. The van der Waals surface area contributed by atoms with Crippen LogP contribution in [0.15, 0.2) is 48.5 Å². The smallest absolute Gasteiger partial charge is 0.229 e. The number of hydrogen-bond acceptors (Lipinski definition) is 3. The molecule has 2 aromatic carbocycles. The molecule has 0 aliphatic carbocycles. The summed E-state index contributed by atoms with van der Waals surface area (Å²) in [5.74, 6) is 0.502. The molecule has 3 rings (SSSR count). The fourth-order valence-electron chi connectivity index (χ4n) is 3.41. The summed E-state index contributed by atoms with van der Waals surface area (Å²) >= 11 is 0. The SMILES string of the molecule is CCc1ccccc1NC(=O)C1CC(=O)N(CCc2ccc(OC)cc2)C1. The van der Waals surface area contributed by atoms with Crippen LogP contribution >= 0.6 is 0 Å². The van der Waals surface area contributed by atoms with Gasteiger partial charge in [0.15, 0.2) is 0 Å². The van der Waals surface area contributed by atoms with E-state index in [0.717, 1.165) is 35.4 Å². The summed E-state index contributed by atoms with van der Waals surface area (Å²) in [6.07, 6.45) is 1.90. The number of benzene rings is 2. The van der Waals surface area contributed by atoms with Gasteiger partial charge < -0.3 is 15.0 Å². The number of carbonyl (C=O) groups is 2. The Kier molecular flexibility index (Phi) is 6.12. The molecule has 0 saturated carbocycles. The summed E-state index contributed by atoms with van der Waals surface area (Å²) in [5.41, 5.74) is 3.09. The molecule has 2 aromatic rings. The van der Waals surface area contributed by atoms with Gasteiger partial charge in [-0.15, -0.1) is 0 Å². The maximum atomic E-state index is 12.6. The van der Waals surface area contributed by atoms with Gasteiger partial charge in [-0.05, 0) is 42.2 Å². The minimum absolute atomic E-state index is 0.0486. The van der Waals surface area contributed by atoms with Gasteiger partial charge in [-0.3, -0.25) is 9.59 Å². The van der Waals surface area contributed by atoms with Crippen molar-refractivity contribution in [3.8, 4) is 5.75 Å². The summed E-state index contributed by atoms with van der Waals surface area (Å²) in [6, 6.07) is 15.7. The zero-order valence-corrected chi connectivity index (χ0v) is 15.9. The summed E-state index contributed by atoms with van der Waals surface area (Å²) in [4.78, 5) is 26.7. The highest BCUT2D eigenvalue weighted by molar-refractivity contribution is 5.97. The van der Waals surface area contributed by atoms with Crippen molar-refractivity contribution < 1.29 is 14.3 Å². The number of aryl methyl sites for hydroxylation is 1. The summed E-state index contributed by atoms with van der Waals surface area (Å²) in [5, 5.41) is 3.00. The Labute approximate surface area is 160 Å². The number of likely N-dealkylation sites (tertiary alicyclic amines) is 1. The summed E-state index contributed by atoms with van der Waals surface area (Å²) in [7, 11) is 1.64. The predicted octanol–water partition coefficient (Wildman–Crippen LogP) is 3.29. The van der Waals surface area contributed by atoms with Crippen molar-refractivity contribution in [2.45, 2.75) is 26.2 Å². The highest BCUT2D eigenvalue weighted by atomic mass is 16.5. The molecule has 142 valence electrons. The first-order valence-corrected chi connectivity index (χ1v) is 9.40. The Bertz CT molecular complexity index is 801. The van der Waals surface area contributed by atoms with Crippen LogP contribution in [0.1, 0.15) is 24.5 Å². The molecule has 2 amide bonds. The zero-order valence-electron chi connectivity index (χ0n) is 15.9. The van der Waals surface area contributed by atoms with E-state index in [-0.39, 0.29) is 24.2 Å². The van der Waals surface area contributed by atoms with Gasteiger partial charge in [0.25, 0.3) is 0 Å². The van der Waals surface area contributed by atoms with E-state index in [9.17, 15) is 9.59 Å². The molecule has 1 N–H and O–H groups in total. The molecule has 0 spiro atoms. The van der Waals surface area contributed by atoms with Crippen LogP contribution < -0.4 is 10.1 Å². The van der Waals surface area contributed by atoms with Crippen LogP contribution in [0.25, 0.3) is 0 Å². The lowest BCUT2D eigenvalue weighted by Crippen LogP contribution is -2.30.